The van der Waals surface area contributed by atoms with Crippen LogP contribution in [0.3, 0.4) is 0 Å². The Bertz CT molecular complexity index is 1000. The highest BCUT2D eigenvalue weighted by Crippen LogP contribution is 2.28. The van der Waals surface area contributed by atoms with E-state index in [2.05, 4.69) is 50.5 Å². The largest absolute Gasteiger partial charge is 0.496 e. The van der Waals surface area contributed by atoms with Crippen molar-refractivity contribution in [1.29, 1.82) is 0 Å². The third kappa shape index (κ3) is 4.83. The molecule has 2 aromatic carbocycles. The Kier molecular flexibility index (Phi) is 7.15. The van der Waals surface area contributed by atoms with Crippen LogP contribution >= 0.6 is 0 Å². The van der Waals surface area contributed by atoms with Crippen LogP contribution in [0.4, 0.5) is 11.6 Å². The maximum atomic E-state index is 5.53. The highest BCUT2D eigenvalue weighted by Gasteiger charge is 2.09. The number of nitrogens with zero attached hydrogens (tertiary/aromatic N) is 5. The van der Waals surface area contributed by atoms with Gasteiger partial charge in [0.25, 0.3) is 5.95 Å². The summed E-state index contributed by atoms with van der Waals surface area (Å²) in [5, 5.41) is 12.2. The normalized spacial score (nSPS) is 10.8. The molecule has 0 radical (unpaired) electrons. The van der Waals surface area contributed by atoms with Crippen molar-refractivity contribution in [3.63, 3.8) is 0 Å². The van der Waals surface area contributed by atoms with E-state index in [1.165, 1.54) is 0 Å². The van der Waals surface area contributed by atoms with Gasteiger partial charge in [0, 0.05) is 36.0 Å². The number of ether oxygens (including phenoxy) is 2. The maximum absolute atomic E-state index is 5.53. The highest BCUT2D eigenvalue weighted by molar-refractivity contribution is 5.85. The molecule has 8 heteroatoms. The first-order valence-corrected chi connectivity index (χ1v) is 9.75. The molecule has 0 amide bonds. The Hall–Kier alpha value is -3.68. The molecule has 0 unspecified atom stereocenters. The summed E-state index contributed by atoms with van der Waals surface area (Å²) in [6.07, 6.45) is 3.26. The van der Waals surface area contributed by atoms with E-state index < -0.39 is 0 Å². The van der Waals surface area contributed by atoms with E-state index in [0.29, 0.717) is 11.4 Å². The van der Waals surface area contributed by atoms with Crippen molar-refractivity contribution < 1.29 is 9.47 Å². The first-order valence-electron chi connectivity index (χ1n) is 9.75. The van der Waals surface area contributed by atoms with Crippen LogP contribution in [0, 0.1) is 0 Å². The number of anilines is 2. The Balaban J connectivity index is 1.77. The lowest BCUT2D eigenvalue weighted by Gasteiger charge is -2.21. The van der Waals surface area contributed by atoms with E-state index >= 15 is 0 Å². The molecule has 0 spiro atoms. The third-order valence-electron chi connectivity index (χ3n) is 4.66. The number of hydrogen-bond donors (Lipinski definition) is 1. The molecular weight excluding hydrogens is 380 g/mol. The fourth-order valence-corrected chi connectivity index (χ4v) is 3.09. The summed E-state index contributed by atoms with van der Waals surface area (Å²) in [4.78, 5) is 6.72. The van der Waals surface area contributed by atoms with E-state index in [1.807, 2.05) is 36.4 Å². The molecule has 0 bridgehead atoms. The van der Waals surface area contributed by atoms with Gasteiger partial charge in [-0.15, -0.1) is 5.10 Å². The first kappa shape index (κ1) is 21.0. The lowest BCUT2D eigenvalue weighted by Crippen LogP contribution is -2.21. The molecule has 0 aliphatic heterocycles. The van der Waals surface area contributed by atoms with E-state index in [9.17, 15) is 0 Å². The van der Waals surface area contributed by atoms with Crippen molar-refractivity contribution in [2.24, 2.45) is 5.10 Å². The minimum absolute atomic E-state index is 0.286. The highest BCUT2D eigenvalue weighted by atomic mass is 16.5. The molecule has 0 aliphatic rings. The predicted molar refractivity (Wildman–Crippen MR) is 120 cm³/mol. The molecule has 156 valence electrons. The van der Waals surface area contributed by atoms with Crippen LogP contribution in [-0.2, 0) is 0 Å². The van der Waals surface area contributed by atoms with E-state index in [0.717, 1.165) is 35.7 Å². The minimum atomic E-state index is 0.286. The number of hydrogen-bond acceptors (Lipinski definition) is 8. The van der Waals surface area contributed by atoms with Gasteiger partial charge in [-0.1, -0.05) is 12.1 Å². The second-order valence-corrected chi connectivity index (χ2v) is 6.33. The molecule has 1 aromatic heterocycles. The number of methoxy groups -OCH3 is 2. The molecular formula is C22H26N6O2. The van der Waals surface area contributed by atoms with Gasteiger partial charge >= 0.3 is 0 Å². The van der Waals surface area contributed by atoms with Crippen molar-refractivity contribution in [3.8, 4) is 22.8 Å². The van der Waals surface area contributed by atoms with Gasteiger partial charge in [0.2, 0.25) is 0 Å². The summed E-state index contributed by atoms with van der Waals surface area (Å²) in [7, 11) is 3.27. The zero-order chi connectivity index (χ0) is 21.3. The smallest absolute Gasteiger partial charge is 0.263 e. The van der Waals surface area contributed by atoms with Gasteiger partial charge < -0.3 is 14.4 Å². The molecule has 0 aliphatic carbocycles. The Morgan fingerprint density at radius 2 is 1.80 bits per heavy atom. The molecule has 0 atom stereocenters. The molecule has 0 saturated carbocycles. The van der Waals surface area contributed by atoms with E-state index in [1.54, 1.807) is 26.6 Å². The molecule has 1 heterocycles. The number of nitrogens with one attached hydrogen (secondary N) is 1. The van der Waals surface area contributed by atoms with Crippen LogP contribution in [0.25, 0.3) is 11.3 Å². The number of rotatable bonds is 9. The summed E-state index contributed by atoms with van der Waals surface area (Å²) in [6, 6.07) is 13.6. The fraction of sp³-hybridized carbons (Fsp3) is 0.273. The second kappa shape index (κ2) is 10.2. The van der Waals surface area contributed by atoms with Gasteiger partial charge in [-0.25, -0.2) is 10.4 Å². The minimum Gasteiger partial charge on any atom is -0.496 e. The van der Waals surface area contributed by atoms with Crippen molar-refractivity contribution >= 4 is 17.9 Å². The number of para-hydroxylation sites is 1. The standard InChI is InChI=1S/C22H26N6O2/c1-5-28(6-2)17-12-11-16(21(13-17)30-4)14-23-26-22-25-19(15-24-27-22)18-9-7-8-10-20(18)29-3/h7-15H,5-6H2,1-4H3,(H,25,26,27)/b23-14+. The Morgan fingerprint density at radius 1 is 1.03 bits per heavy atom. The number of hydrazone groups is 1. The molecule has 3 rings (SSSR count). The second-order valence-electron chi connectivity index (χ2n) is 6.33. The first-order chi connectivity index (χ1) is 14.7. The summed E-state index contributed by atoms with van der Waals surface area (Å²) in [6.45, 7) is 6.12. The average molecular weight is 406 g/mol. The molecule has 8 nitrogen and oxygen atoms in total. The summed E-state index contributed by atoms with van der Waals surface area (Å²) in [5.74, 6) is 1.74. The van der Waals surface area contributed by atoms with Gasteiger partial charge in [0.15, 0.2) is 0 Å². The molecule has 30 heavy (non-hydrogen) atoms. The number of aromatic nitrogens is 3. The quantitative estimate of drug-likeness (QED) is 0.427. The van der Waals surface area contributed by atoms with E-state index in [4.69, 9.17) is 9.47 Å². The zero-order valence-electron chi connectivity index (χ0n) is 17.7. The lowest BCUT2D eigenvalue weighted by molar-refractivity contribution is 0.414. The topological polar surface area (TPSA) is 84.8 Å². The predicted octanol–water partition coefficient (Wildman–Crippen LogP) is 3.85. The van der Waals surface area contributed by atoms with Gasteiger partial charge in [-0.05, 0) is 38.1 Å². The van der Waals surface area contributed by atoms with Crippen LogP contribution in [0.15, 0.2) is 53.8 Å². The number of benzene rings is 2. The van der Waals surface area contributed by atoms with Crippen LogP contribution < -0.4 is 19.8 Å². The van der Waals surface area contributed by atoms with Crippen molar-refractivity contribution in [2.75, 3.05) is 37.6 Å². The SMILES string of the molecule is CCN(CC)c1ccc(/C=N/Nc2nncc(-c3ccccc3OC)n2)c(OC)c1. The Morgan fingerprint density at radius 3 is 2.53 bits per heavy atom. The van der Waals surface area contributed by atoms with Crippen LogP contribution in [0.2, 0.25) is 0 Å². The molecule has 0 saturated heterocycles. The monoisotopic (exact) mass is 406 g/mol. The third-order valence-corrected chi connectivity index (χ3v) is 4.66. The van der Waals surface area contributed by atoms with Gasteiger partial charge in [0.05, 0.1) is 32.3 Å². The van der Waals surface area contributed by atoms with Crippen LogP contribution in [0.1, 0.15) is 19.4 Å². The fourth-order valence-electron chi connectivity index (χ4n) is 3.09. The molecule has 1 N–H and O–H groups in total. The zero-order valence-corrected chi connectivity index (χ0v) is 17.7. The van der Waals surface area contributed by atoms with Crippen molar-refractivity contribution in [2.45, 2.75) is 13.8 Å². The van der Waals surface area contributed by atoms with E-state index in [-0.39, 0.29) is 5.95 Å². The van der Waals surface area contributed by atoms with Crippen LogP contribution in [-0.4, -0.2) is 48.7 Å². The van der Waals surface area contributed by atoms with Crippen molar-refractivity contribution in [3.05, 3.63) is 54.2 Å². The van der Waals surface area contributed by atoms with Gasteiger partial charge in [-0.3, -0.25) is 0 Å². The average Bonchev–Trinajstić information content (AvgIpc) is 2.80. The summed E-state index contributed by atoms with van der Waals surface area (Å²) < 4.78 is 10.9. The summed E-state index contributed by atoms with van der Waals surface area (Å²) >= 11 is 0. The maximum Gasteiger partial charge on any atom is 0.263 e. The summed E-state index contributed by atoms with van der Waals surface area (Å²) in [5.41, 5.74) is 6.25. The Labute approximate surface area is 176 Å². The van der Waals surface area contributed by atoms with Gasteiger partial charge in [0.1, 0.15) is 11.5 Å². The lowest BCUT2D eigenvalue weighted by atomic mass is 10.1. The van der Waals surface area contributed by atoms with Gasteiger partial charge in [-0.2, -0.15) is 10.2 Å². The molecule has 3 aromatic rings. The van der Waals surface area contributed by atoms with Crippen LogP contribution in [0.5, 0.6) is 11.5 Å². The van der Waals surface area contributed by atoms with Crippen molar-refractivity contribution in [1.82, 2.24) is 15.2 Å². The molecule has 0 fully saturated rings.